The van der Waals surface area contributed by atoms with Crippen molar-refractivity contribution in [3.05, 3.63) is 66.1 Å². The van der Waals surface area contributed by atoms with Crippen molar-refractivity contribution in [2.24, 2.45) is 0 Å². The fraction of sp³-hybridized carbons (Fsp3) is 0.238. The van der Waals surface area contributed by atoms with Gasteiger partial charge in [0.25, 0.3) is 0 Å². The van der Waals surface area contributed by atoms with Gasteiger partial charge < -0.3 is 15.3 Å². The molecule has 0 radical (unpaired) electrons. The second-order valence-corrected chi connectivity index (χ2v) is 6.64. The molecule has 1 atom stereocenters. The number of amides is 1. The third kappa shape index (κ3) is 3.33. The van der Waals surface area contributed by atoms with E-state index in [0.717, 1.165) is 35.2 Å². The Balaban J connectivity index is 1.32. The molecule has 132 valence electrons. The lowest BCUT2D eigenvalue weighted by molar-refractivity contribution is -0.121. The molecule has 4 rings (SSSR count). The summed E-state index contributed by atoms with van der Waals surface area (Å²) in [6.07, 6.45) is 4.25. The van der Waals surface area contributed by atoms with E-state index in [0.29, 0.717) is 6.42 Å². The zero-order valence-electron chi connectivity index (χ0n) is 14.8. The first kappa shape index (κ1) is 16.4. The van der Waals surface area contributed by atoms with Crippen LogP contribution in [0.5, 0.6) is 0 Å². The molecule has 2 aromatic carbocycles. The van der Waals surface area contributed by atoms with E-state index in [4.69, 9.17) is 0 Å². The number of rotatable bonds is 6. The predicted octanol–water partition coefficient (Wildman–Crippen LogP) is 4.24. The number of para-hydroxylation sites is 3. The van der Waals surface area contributed by atoms with Crippen LogP contribution in [-0.4, -0.2) is 20.9 Å². The maximum absolute atomic E-state index is 12.3. The number of aromatic amines is 2. The summed E-state index contributed by atoms with van der Waals surface area (Å²) in [5.74, 6) is 0.842. The van der Waals surface area contributed by atoms with Crippen molar-refractivity contribution >= 4 is 27.8 Å². The van der Waals surface area contributed by atoms with Gasteiger partial charge in [-0.3, -0.25) is 4.79 Å². The summed E-state index contributed by atoms with van der Waals surface area (Å²) in [7, 11) is 0. The van der Waals surface area contributed by atoms with Crippen molar-refractivity contribution in [3.8, 4) is 0 Å². The molecule has 0 saturated heterocycles. The lowest BCUT2D eigenvalue weighted by atomic mass is 10.1. The Morgan fingerprint density at radius 2 is 1.88 bits per heavy atom. The Kier molecular flexibility index (Phi) is 4.44. The molecule has 0 fully saturated rings. The van der Waals surface area contributed by atoms with Crippen LogP contribution in [-0.2, 0) is 11.2 Å². The van der Waals surface area contributed by atoms with E-state index in [9.17, 15) is 4.79 Å². The Morgan fingerprint density at radius 1 is 1.12 bits per heavy atom. The number of aromatic nitrogens is 3. The summed E-state index contributed by atoms with van der Waals surface area (Å²) in [6, 6.07) is 16.0. The third-order valence-electron chi connectivity index (χ3n) is 4.72. The van der Waals surface area contributed by atoms with E-state index < -0.39 is 0 Å². The van der Waals surface area contributed by atoms with Crippen molar-refractivity contribution < 1.29 is 4.79 Å². The van der Waals surface area contributed by atoms with E-state index in [1.165, 1.54) is 10.9 Å². The average molecular weight is 346 g/mol. The van der Waals surface area contributed by atoms with Gasteiger partial charge in [0.2, 0.25) is 5.91 Å². The van der Waals surface area contributed by atoms with Crippen molar-refractivity contribution in [2.45, 2.75) is 32.2 Å². The van der Waals surface area contributed by atoms with Gasteiger partial charge in [-0.2, -0.15) is 0 Å². The number of carbonyl (C=O) groups is 1. The van der Waals surface area contributed by atoms with E-state index in [1.54, 1.807) is 0 Å². The van der Waals surface area contributed by atoms with Gasteiger partial charge in [0.05, 0.1) is 17.1 Å². The normalized spacial score (nSPS) is 12.5. The minimum atomic E-state index is -0.136. The topological polar surface area (TPSA) is 73.6 Å². The van der Waals surface area contributed by atoms with E-state index in [1.807, 2.05) is 49.5 Å². The number of nitrogens with one attached hydrogen (secondary N) is 3. The molecular formula is C21H22N4O. The largest absolute Gasteiger partial charge is 0.361 e. The Labute approximate surface area is 151 Å². The molecule has 4 aromatic rings. The van der Waals surface area contributed by atoms with Crippen molar-refractivity contribution in [1.29, 1.82) is 0 Å². The number of hydrogen-bond acceptors (Lipinski definition) is 2. The number of benzene rings is 2. The Hall–Kier alpha value is -3.08. The number of H-pyrrole nitrogens is 2. The first-order valence-electron chi connectivity index (χ1n) is 9.00. The maximum atomic E-state index is 12.3. The molecule has 2 aromatic heterocycles. The quantitative estimate of drug-likeness (QED) is 0.488. The molecule has 0 unspecified atom stereocenters. The smallest absolute Gasteiger partial charge is 0.220 e. The second kappa shape index (κ2) is 7.04. The first-order valence-corrected chi connectivity index (χ1v) is 9.00. The monoisotopic (exact) mass is 346 g/mol. The number of nitrogens with zero attached hydrogens (tertiary/aromatic N) is 1. The summed E-state index contributed by atoms with van der Waals surface area (Å²) in [6.45, 7) is 1.95. The van der Waals surface area contributed by atoms with Gasteiger partial charge in [-0.05, 0) is 43.5 Å². The van der Waals surface area contributed by atoms with Crippen LogP contribution >= 0.6 is 0 Å². The Morgan fingerprint density at radius 3 is 2.73 bits per heavy atom. The van der Waals surface area contributed by atoms with Crippen LogP contribution in [0.25, 0.3) is 21.9 Å². The predicted molar refractivity (Wildman–Crippen MR) is 104 cm³/mol. The minimum Gasteiger partial charge on any atom is -0.361 e. The van der Waals surface area contributed by atoms with Crippen LogP contribution in [0.2, 0.25) is 0 Å². The van der Waals surface area contributed by atoms with Gasteiger partial charge >= 0.3 is 0 Å². The number of hydrogen-bond donors (Lipinski definition) is 3. The standard InChI is InChI=1S/C21H22N4O/c1-14(21-24-18-10-4-5-11-19(18)25-21)23-20(26)12-6-7-15-13-22-17-9-3-2-8-16(15)17/h2-5,8-11,13-14,22H,6-7,12H2,1H3,(H,23,26)(H,24,25)/t14-/m0/s1. The fourth-order valence-electron chi connectivity index (χ4n) is 3.34. The molecule has 1 amide bonds. The fourth-order valence-corrected chi connectivity index (χ4v) is 3.34. The maximum Gasteiger partial charge on any atom is 0.220 e. The van der Waals surface area contributed by atoms with Crippen LogP contribution in [0.1, 0.15) is 37.2 Å². The van der Waals surface area contributed by atoms with Crippen molar-refractivity contribution in [3.63, 3.8) is 0 Å². The zero-order chi connectivity index (χ0) is 17.9. The number of carbonyl (C=O) groups excluding carboxylic acids is 1. The summed E-state index contributed by atoms with van der Waals surface area (Å²) >= 11 is 0. The molecular weight excluding hydrogens is 324 g/mol. The lowest BCUT2D eigenvalue weighted by Gasteiger charge is -2.11. The van der Waals surface area contributed by atoms with Gasteiger partial charge in [-0.15, -0.1) is 0 Å². The molecule has 0 aliphatic carbocycles. The van der Waals surface area contributed by atoms with Crippen molar-refractivity contribution in [2.75, 3.05) is 0 Å². The van der Waals surface area contributed by atoms with Crippen LogP contribution in [0.4, 0.5) is 0 Å². The van der Waals surface area contributed by atoms with Gasteiger partial charge in [-0.1, -0.05) is 30.3 Å². The van der Waals surface area contributed by atoms with E-state index in [2.05, 4.69) is 32.4 Å². The molecule has 2 heterocycles. The first-order chi connectivity index (χ1) is 12.7. The second-order valence-electron chi connectivity index (χ2n) is 6.64. The van der Waals surface area contributed by atoms with Gasteiger partial charge in [0.15, 0.2) is 0 Å². The molecule has 5 nitrogen and oxygen atoms in total. The van der Waals surface area contributed by atoms with Gasteiger partial charge in [0.1, 0.15) is 5.82 Å². The molecule has 0 aliphatic heterocycles. The van der Waals surface area contributed by atoms with E-state index >= 15 is 0 Å². The molecule has 3 N–H and O–H groups in total. The van der Waals surface area contributed by atoms with E-state index in [-0.39, 0.29) is 11.9 Å². The number of aryl methyl sites for hydroxylation is 1. The highest BCUT2D eigenvalue weighted by atomic mass is 16.1. The molecule has 26 heavy (non-hydrogen) atoms. The number of imidazole rings is 1. The van der Waals surface area contributed by atoms with Crippen LogP contribution in [0.3, 0.4) is 0 Å². The molecule has 0 saturated carbocycles. The van der Waals surface area contributed by atoms with Gasteiger partial charge in [0, 0.05) is 23.5 Å². The van der Waals surface area contributed by atoms with Crippen molar-refractivity contribution in [1.82, 2.24) is 20.3 Å². The van der Waals surface area contributed by atoms with Crippen LogP contribution in [0.15, 0.2) is 54.7 Å². The molecule has 0 bridgehead atoms. The summed E-state index contributed by atoms with van der Waals surface area (Å²) in [4.78, 5) is 23.4. The SMILES string of the molecule is C[C@H](NC(=O)CCCc1c[nH]c2ccccc12)c1nc2ccccc2[nH]1. The Bertz CT molecular complexity index is 1010. The number of fused-ring (bicyclic) bond motifs is 2. The average Bonchev–Trinajstić information content (AvgIpc) is 3.26. The third-order valence-corrected chi connectivity index (χ3v) is 4.72. The lowest BCUT2D eigenvalue weighted by Crippen LogP contribution is -2.27. The van der Waals surface area contributed by atoms with Gasteiger partial charge in [-0.25, -0.2) is 4.98 Å². The highest BCUT2D eigenvalue weighted by Gasteiger charge is 2.13. The summed E-state index contributed by atoms with van der Waals surface area (Å²) in [5.41, 5.74) is 4.31. The summed E-state index contributed by atoms with van der Waals surface area (Å²) in [5, 5.41) is 4.27. The summed E-state index contributed by atoms with van der Waals surface area (Å²) < 4.78 is 0. The highest BCUT2D eigenvalue weighted by Crippen LogP contribution is 2.20. The van der Waals surface area contributed by atoms with Crippen LogP contribution in [0, 0.1) is 0 Å². The molecule has 0 spiro atoms. The molecule has 5 heteroatoms. The highest BCUT2D eigenvalue weighted by molar-refractivity contribution is 5.83. The zero-order valence-corrected chi connectivity index (χ0v) is 14.8. The minimum absolute atomic E-state index is 0.0535. The molecule has 0 aliphatic rings. The van der Waals surface area contributed by atoms with Crippen LogP contribution < -0.4 is 5.32 Å².